The zero-order valence-electron chi connectivity index (χ0n) is 19.4. The number of hydrogen-bond donors (Lipinski definition) is 3. The summed E-state index contributed by atoms with van der Waals surface area (Å²) in [6.45, 7) is 7.33. The van der Waals surface area contributed by atoms with E-state index in [1.165, 1.54) is 11.1 Å². The predicted octanol–water partition coefficient (Wildman–Crippen LogP) is 3.57. The first kappa shape index (κ1) is 28.2. The molecule has 2 aromatic heterocycles. The molecule has 0 unspecified atom stereocenters. The lowest BCUT2D eigenvalue weighted by molar-refractivity contribution is 0.0650. The molecule has 10 heteroatoms. The summed E-state index contributed by atoms with van der Waals surface area (Å²) in [4.78, 5) is 11.0. The number of aromatic nitrogens is 3. The molecule has 0 spiro atoms. The summed E-state index contributed by atoms with van der Waals surface area (Å²) in [6.07, 6.45) is 2.44. The summed E-state index contributed by atoms with van der Waals surface area (Å²) in [5, 5.41) is 35.8. The van der Waals surface area contributed by atoms with Gasteiger partial charge in [-0.25, -0.2) is 4.98 Å². The maximum atomic E-state index is 9.50. The number of hydrogen-bond acceptors (Lipinski definition) is 9. The van der Waals surface area contributed by atoms with Crippen LogP contribution in [0.1, 0.15) is 43.5 Å². The summed E-state index contributed by atoms with van der Waals surface area (Å²) >= 11 is 0. The first-order chi connectivity index (χ1) is 15.9. The highest BCUT2D eigenvalue weighted by molar-refractivity contribution is 5.85. The largest absolute Gasteiger partial charge is 0.395 e. The van der Waals surface area contributed by atoms with E-state index in [0.717, 1.165) is 24.1 Å². The van der Waals surface area contributed by atoms with E-state index in [-0.39, 0.29) is 45.1 Å². The van der Waals surface area contributed by atoms with E-state index in [9.17, 15) is 15.5 Å². The van der Waals surface area contributed by atoms with Gasteiger partial charge in [0, 0.05) is 30.9 Å². The van der Waals surface area contributed by atoms with Crippen LogP contribution >= 0.6 is 12.4 Å². The minimum Gasteiger partial charge on any atom is -0.395 e. The zero-order valence-corrected chi connectivity index (χ0v) is 20.3. The Morgan fingerprint density at radius 3 is 2.66 bits per heavy atom. The molecule has 0 bridgehead atoms. The summed E-state index contributed by atoms with van der Waals surface area (Å²) in [5.41, 5.74) is 5.40. The fraction of sp³-hybridized carbons (Fsp3) is 0.440. The molecule has 4 rings (SSSR count). The molecule has 1 aromatic carbocycles. The number of anilines is 1. The fourth-order valence-corrected chi connectivity index (χ4v) is 4.21. The minimum absolute atomic E-state index is 0. The minimum atomic E-state index is -0.244. The van der Waals surface area contributed by atoms with Gasteiger partial charge in [0.25, 0.3) is 5.89 Å². The van der Waals surface area contributed by atoms with Crippen LogP contribution in [0.5, 0.6) is 0 Å². The van der Waals surface area contributed by atoms with Crippen LogP contribution in [-0.4, -0.2) is 62.1 Å². The summed E-state index contributed by atoms with van der Waals surface area (Å²) in [7, 11) is 0. The Kier molecular flexibility index (Phi) is 9.74. The van der Waals surface area contributed by atoms with Gasteiger partial charge in [-0.15, -0.1) is 12.4 Å². The van der Waals surface area contributed by atoms with Crippen molar-refractivity contribution in [1.82, 2.24) is 20.0 Å². The van der Waals surface area contributed by atoms with Crippen molar-refractivity contribution in [2.24, 2.45) is 0 Å². The molecule has 9 nitrogen and oxygen atoms in total. The molecule has 35 heavy (non-hydrogen) atoms. The Labute approximate surface area is 212 Å². The van der Waals surface area contributed by atoms with Crippen LogP contribution in [0.3, 0.4) is 0 Å². The van der Waals surface area contributed by atoms with Gasteiger partial charge in [0.05, 0.1) is 30.4 Å². The number of rotatable bonds is 7. The molecular formula is C25H33ClN6O3. The molecule has 0 saturated carbocycles. The van der Waals surface area contributed by atoms with E-state index in [1.54, 1.807) is 12.3 Å². The van der Waals surface area contributed by atoms with E-state index >= 15 is 0 Å². The smallest absolute Gasteiger partial charge is 0.259 e. The highest BCUT2D eigenvalue weighted by Crippen LogP contribution is 2.32. The van der Waals surface area contributed by atoms with E-state index in [0.29, 0.717) is 35.2 Å². The second-order valence-corrected chi connectivity index (χ2v) is 8.57. The number of pyridine rings is 1. The standard InChI is InChI=1S/C24H28N6O3.CH4.ClH/c1-14(2)27-22-17(9-25)8-18(10-26-22)24-28-23(29-33-24)21-5-4-16-11-30(19(12-31)13-32)7-6-20(16)15(21)3;;/h4-5,8,10,14,19,31-32H,6-7,11-13H2,1-3H3,(H,26,27);1H4;1H. The molecule has 3 aromatic rings. The molecule has 188 valence electrons. The molecule has 3 heterocycles. The SMILES string of the molecule is C.Cc1c(-c2noc(-c3cnc(NC(C)C)c(C#N)c3)n2)ccc2c1CCN(C(CO)CO)C2.Cl. The van der Waals surface area contributed by atoms with Gasteiger partial charge in [-0.1, -0.05) is 24.7 Å². The van der Waals surface area contributed by atoms with Gasteiger partial charge < -0.3 is 20.1 Å². The van der Waals surface area contributed by atoms with Crippen LogP contribution in [0, 0.1) is 18.3 Å². The number of nitrogens with zero attached hydrogens (tertiary/aromatic N) is 5. The highest BCUT2D eigenvalue weighted by Gasteiger charge is 2.25. The monoisotopic (exact) mass is 500 g/mol. The fourth-order valence-electron chi connectivity index (χ4n) is 4.21. The van der Waals surface area contributed by atoms with Crippen molar-refractivity contribution in [3.63, 3.8) is 0 Å². The molecule has 0 atom stereocenters. The first-order valence-electron chi connectivity index (χ1n) is 11.0. The van der Waals surface area contributed by atoms with E-state index in [2.05, 4.69) is 38.3 Å². The van der Waals surface area contributed by atoms with Crippen molar-refractivity contribution >= 4 is 18.2 Å². The Hall–Kier alpha value is -3.03. The van der Waals surface area contributed by atoms with Crippen LogP contribution in [-0.2, 0) is 13.0 Å². The first-order valence-corrected chi connectivity index (χ1v) is 11.0. The second-order valence-electron chi connectivity index (χ2n) is 8.57. The molecule has 0 radical (unpaired) electrons. The second kappa shape index (κ2) is 12.1. The average Bonchev–Trinajstić information content (AvgIpc) is 3.30. The lowest BCUT2D eigenvalue weighted by Crippen LogP contribution is -2.43. The molecule has 3 N–H and O–H groups in total. The normalized spacial score (nSPS) is 13.1. The van der Waals surface area contributed by atoms with Crippen LogP contribution in [0.4, 0.5) is 5.82 Å². The number of nitriles is 1. The maximum Gasteiger partial charge on any atom is 0.259 e. The number of aliphatic hydroxyl groups excluding tert-OH is 2. The Morgan fingerprint density at radius 1 is 1.26 bits per heavy atom. The van der Waals surface area contributed by atoms with Crippen molar-refractivity contribution in [3.05, 3.63) is 46.6 Å². The summed E-state index contributed by atoms with van der Waals surface area (Å²) in [5.74, 6) is 1.32. The third-order valence-electron chi connectivity index (χ3n) is 6.00. The third-order valence-corrected chi connectivity index (χ3v) is 6.00. The van der Waals surface area contributed by atoms with Gasteiger partial charge in [-0.05, 0) is 49.9 Å². The van der Waals surface area contributed by atoms with Crippen LogP contribution in [0.25, 0.3) is 22.8 Å². The molecule has 0 fully saturated rings. The number of aliphatic hydroxyl groups is 2. The molecule has 0 aliphatic carbocycles. The van der Waals surface area contributed by atoms with Crippen LogP contribution in [0.2, 0.25) is 0 Å². The van der Waals surface area contributed by atoms with E-state index < -0.39 is 0 Å². The molecule has 0 amide bonds. The average molecular weight is 501 g/mol. The van der Waals surface area contributed by atoms with Crippen LogP contribution in [0.15, 0.2) is 28.9 Å². The van der Waals surface area contributed by atoms with Crippen molar-refractivity contribution in [1.29, 1.82) is 5.26 Å². The summed E-state index contributed by atoms with van der Waals surface area (Å²) < 4.78 is 5.51. The van der Waals surface area contributed by atoms with Gasteiger partial charge in [-0.3, -0.25) is 4.90 Å². The number of halogens is 1. The van der Waals surface area contributed by atoms with Gasteiger partial charge in [-0.2, -0.15) is 10.2 Å². The van der Waals surface area contributed by atoms with Gasteiger partial charge >= 0.3 is 0 Å². The number of nitrogens with one attached hydrogen (secondary N) is 1. The number of benzene rings is 1. The quantitative estimate of drug-likeness (QED) is 0.445. The zero-order chi connectivity index (χ0) is 23.5. The van der Waals surface area contributed by atoms with Crippen molar-refractivity contribution < 1.29 is 14.7 Å². The molecule has 0 saturated heterocycles. The van der Waals surface area contributed by atoms with Crippen molar-refractivity contribution in [3.8, 4) is 28.9 Å². The molecule has 1 aliphatic rings. The van der Waals surface area contributed by atoms with Gasteiger partial charge in [0.2, 0.25) is 5.82 Å². The van der Waals surface area contributed by atoms with Gasteiger partial charge in [0.1, 0.15) is 11.9 Å². The lowest BCUT2D eigenvalue weighted by Gasteiger charge is -2.34. The summed E-state index contributed by atoms with van der Waals surface area (Å²) in [6, 6.07) is 7.80. The topological polar surface area (TPSA) is 131 Å². The Morgan fingerprint density at radius 2 is 2.00 bits per heavy atom. The Balaban J connectivity index is 0.00000216. The third kappa shape index (κ3) is 5.80. The van der Waals surface area contributed by atoms with E-state index in [1.807, 2.05) is 26.0 Å². The molecular weight excluding hydrogens is 468 g/mol. The van der Waals surface area contributed by atoms with Crippen molar-refractivity contribution in [2.45, 2.75) is 53.2 Å². The maximum absolute atomic E-state index is 9.50. The van der Waals surface area contributed by atoms with Crippen molar-refractivity contribution in [2.75, 3.05) is 25.1 Å². The van der Waals surface area contributed by atoms with Crippen LogP contribution < -0.4 is 5.32 Å². The molecule has 1 aliphatic heterocycles. The Bertz CT molecular complexity index is 1190. The van der Waals surface area contributed by atoms with Gasteiger partial charge in [0.15, 0.2) is 0 Å². The lowest BCUT2D eigenvalue weighted by atomic mass is 9.91. The number of fused-ring (bicyclic) bond motifs is 1. The van der Waals surface area contributed by atoms with E-state index in [4.69, 9.17) is 4.52 Å². The highest BCUT2D eigenvalue weighted by atomic mass is 35.5. The predicted molar refractivity (Wildman–Crippen MR) is 137 cm³/mol.